The van der Waals surface area contributed by atoms with Crippen LogP contribution in [0.3, 0.4) is 0 Å². The lowest BCUT2D eigenvalue weighted by atomic mass is 10.1. The van der Waals surface area contributed by atoms with Crippen molar-refractivity contribution in [3.05, 3.63) is 54.4 Å². The molecule has 0 saturated carbocycles. The lowest BCUT2D eigenvalue weighted by molar-refractivity contribution is -0.137. The Morgan fingerprint density at radius 3 is 2.50 bits per heavy atom. The maximum Gasteiger partial charge on any atom is 0.416 e. The zero-order valence-electron chi connectivity index (χ0n) is 12.1. The van der Waals surface area contributed by atoms with Crippen molar-refractivity contribution in [1.82, 2.24) is 14.8 Å². The third-order valence-corrected chi connectivity index (χ3v) is 3.23. The first kappa shape index (κ1) is 17.8. The fourth-order valence-corrected chi connectivity index (χ4v) is 1.93. The van der Waals surface area contributed by atoms with E-state index in [1.165, 1.54) is 12.3 Å². The largest absolute Gasteiger partial charge is 0.481 e. The number of aliphatic carboxylic acids is 1. The molecule has 24 heavy (non-hydrogen) atoms. The molecule has 0 unspecified atom stereocenters. The molecule has 2 aromatic heterocycles. The second-order valence-corrected chi connectivity index (χ2v) is 4.91. The van der Waals surface area contributed by atoms with Crippen molar-refractivity contribution < 1.29 is 23.1 Å². The standard InChI is InChI=1S/C13H8F3N3.C2H4O2S/c14-13(15,16)10-4-3-9-5-7-19(11(9)8-10)12-2-1-6-17-18-12;3-2(4)1-5/h1-8H;5H,1H2,(H,3,4). The number of hydrogen-bond donors (Lipinski definition) is 2. The summed E-state index contributed by atoms with van der Waals surface area (Å²) < 4.78 is 39.7. The number of halogens is 3. The molecule has 1 aromatic carbocycles. The second kappa shape index (κ2) is 7.35. The Balaban J connectivity index is 0.000000368. The van der Waals surface area contributed by atoms with Crippen molar-refractivity contribution in [2.45, 2.75) is 6.18 Å². The van der Waals surface area contributed by atoms with E-state index in [1.54, 1.807) is 29.0 Å². The van der Waals surface area contributed by atoms with Crippen molar-refractivity contribution in [3.63, 3.8) is 0 Å². The van der Waals surface area contributed by atoms with Crippen LogP contribution in [-0.4, -0.2) is 31.6 Å². The Morgan fingerprint density at radius 2 is 1.96 bits per heavy atom. The monoisotopic (exact) mass is 355 g/mol. The van der Waals surface area contributed by atoms with Gasteiger partial charge in [-0.25, -0.2) is 0 Å². The first-order valence-electron chi connectivity index (χ1n) is 6.62. The summed E-state index contributed by atoms with van der Waals surface area (Å²) in [5.74, 6) is -0.481. The number of benzene rings is 1. The van der Waals surface area contributed by atoms with Gasteiger partial charge in [-0.05, 0) is 30.3 Å². The summed E-state index contributed by atoms with van der Waals surface area (Å²) in [5, 5.41) is 16.0. The summed E-state index contributed by atoms with van der Waals surface area (Å²) in [5.41, 5.74) is -0.223. The first-order valence-corrected chi connectivity index (χ1v) is 7.25. The number of carboxylic acid groups (broad SMARTS) is 1. The third kappa shape index (κ3) is 4.25. The van der Waals surface area contributed by atoms with Gasteiger partial charge in [0.2, 0.25) is 0 Å². The Labute approximate surface area is 140 Å². The van der Waals surface area contributed by atoms with Crippen LogP contribution >= 0.6 is 12.6 Å². The van der Waals surface area contributed by atoms with Crippen molar-refractivity contribution in [3.8, 4) is 5.82 Å². The fraction of sp³-hybridized carbons (Fsp3) is 0.133. The maximum absolute atomic E-state index is 12.7. The Hall–Kier alpha value is -2.55. The van der Waals surface area contributed by atoms with E-state index in [-0.39, 0.29) is 5.75 Å². The number of alkyl halides is 3. The van der Waals surface area contributed by atoms with E-state index >= 15 is 0 Å². The predicted octanol–water partition coefficient (Wildman–Crippen LogP) is 3.44. The van der Waals surface area contributed by atoms with Gasteiger partial charge in [-0.1, -0.05) is 6.07 Å². The molecule has 0 atom stereocenters. The van der Waals surface area contributed by atoms with Crippen LogP contribution in [-0.2, 0) is 11.0 Å². The minimum atomic E-state index is -4.36. The van der Waals surface area contributed by atoms with Gasteiger partial charge in [0.15, 0.2) is 5.82 Å². The van der Waals surface area contributed by atoms with Crippen LogP contribution in [0.5, 0.6) is 0 Å². The second-order valence-electron chi connectivity index (χ2n) is 4.59. The quantitative estimate of drug-likeness (QED) is 0.691. The number of nitrogens with zero attached hydrogens (tertiary/aromatic N) is 3. The van der Waals surface area contributed by atoms with Gasteiger partial charge >= 0.3 is 12.1 Å². The highest BCUT2D eigenvalue weighted by Gasteiger charge is 2.30. The van der Waals surface area contributed by atoms with Gasteiger partial charge in [-0.2, -0.15) is 30.9 Å². The van der Waals surface area contributed by atoms with Gasteiger partial charge in [0, 0.05) is 17.8 Å². The van der Waals surface area contributed by atoms with Gasteiger partial charge in [0.05, 0.1) is 16.8 Å². The van der Waals surface area contributed by atoms with Gasteiger partial charge < -0.3 is 5.11 Å². The average Bonchev–Trinajstić information content (AvgIpc) is 2.98. The molecule has 0 amide bonds. The molecule has 9 heteroatoms. The number of hydrogen-bond acceptors (Lipinski definition) is 4. The summed E-state index contributed by atoms with van der Waals surface area (Å²) >= 11 is 3.42. The lowest BCUT2D eigenvalue weighted by Crippen LogP contribution is -2.05. The highest BCUT2D eigenvalue weighted by molar-refractivity contribution is 7.81. The van der Waals surface area contributed by atoms with Gasteiger partial charge in [-0.15, -0.1) is 5.10 Å². The summed E-state index contributed by atoms with van der Waals surface area (Å²) in [6, 6.07) is 8.75. The first-order chi connectivity index (χ1) is 11.3. The maximum atomic E-state index is 12.7. The molecule has 126 valence electrons. The number of aromatic nitrogens is 3. The molecular formula is C15H12F3N3O2S. The van der Waals surface area contributed by atoms with E-state index < -0.39 is 17.7 Å². The number of thiol groups is 1. The van der Waals surface area contributed by atoms with Crippen LogP contribution in [0.1, 0.15) is 5.56 Å². The highest BCUT2D eigenvalue weighted by atomic mass is 32.1. The summed E-state index contributed by atoms with van der Waals surface area (Å²) in [7, 11) is 0. The molecular weight excluding hydrogens is 343 g/mol. The molecule has 0 aliphatic carbocycles. The molecule has 0 aliphatic rings. The van der Waals surface area contributed by atoms with Gasteiger partial charge in [0.25, 0.3) is 0 Å². The molecule has 0 radical (unpaired) electrons. The number of rotatable bonds is 2. The molecule has 0 spiro atoms. The predicted molar refractivity (Wildman–Crippen MR) is 85.4 cm³/mol. The topological polar surface area (TPSA) is 68.0 Å². The van der Waals surface area contributed by atoms with E-state index in [0.717, 1.165) is 17.5 Å². The van der Waals surface area contributed by atoms with Crippen LogP contribution in [0, 0.1) is 0 Å². The summed E-state index contributed by atoms with van der Waals surface area (Å²) in [4.78, 5) is 9.29. The minimum Gasteiger partial charge on any atom is -0.481 e. The Kier molecular flexibility index (Phi) is 5.45. The molecule has 0 bridgehead atoms. The number of fused-ring (bicyclic) bond motifs is 1. The van der Waals surface area contributed by atoms with Crippen molar-refractivity contribution in [2.75, 3.05) is 5.75 Å². The summed E-state index contributed by atoms with van der Waals surface area (Å²) in [6.07, 6.45) is -1.17. The number of carboxylic acids is 1. The molecule has 1 N–H and O–H groups in total. The fourth-order valence-electron chi connectivity index (χ4n) is 1.93. The number of carbonyl (C=O) groups is 1. The molecule has 3 aromatic rings. The SMILES string of the molecule is FC(F)(F)c1ccc2ccn(-c3cccnn3)c2c1.O=C(O)CS. The average molecular weight is 355 g/mol. The van der Waals surface area contributed by atoms with E-state index in [2.05, 4.69) is 22.8 Å². The molecule has 0 saturated heterocycles. The van der Waals surface area contributed by atoms with Crippen molar-refractivity contribution >= 4 is 29.5 Å². The minimum absolute atomic E-state index is 0.0833. The molecule has 5 nitrogen and oxygen atoms in total. The van der Waals surface area contributed by atoms with E-state index in [4.69, 9.17) is 5.11 Å². The Bertz CT molecular complexity index is 835. The van der Waals surface area contributed by atoms with Crippen LogP contribution in [0.4, 0.5) is 13.2 Å². The smallest absolute Gasteiger partial charge is 0.416 e. The molecule has 3 rings (SSSR count). The Morgan fingerprint density at radius 1 is 1.25 bits per heavy atom. The van der Waals surface area contributed by atoms with E-state index in [9.17, 15) is 18.0 Å². The third-order valence-electron chi connectivity index (χ3n) is 2.96. The zero-order valence-corrected chi connectivity index (χ0v) is 13.0. The van der Waals surface area contributed by atoms with Crippen molar-refractivity contribution in [1.29, 1.82) is 0 Å². The van der Waals surface area contributed by atoms with Gasteiger partial charge in [-0.3, -0.25) is 9.36 Å². The highest BCUT2D eigenvalue weighted by Crippen LogP contribution is 2.32. The van der Waals surface area contributed by atoms with Crippen LogP contribution in [0.2, 0.25) is 0 Å². The van der Waals surface area contributed by atoms with Crippen LogP contribution in [0.25, 0.3) is 16.7 Å². The van der Waals surface area contributed by atoms with E-state index in [0.29, 0.717) is 11.3 Å². The molecule has 2 heterocycles. The zero-order chi connectivity index (χ0) is 17.7. The van der Waals surface area contributed by atoms with E-state index in [1.807, 2.05) is 0 Å². The molecule has 0 fully saturated rings. The summed E-state index contributed by atoms with van der Waals surface area (Å²) in [6.45, 7) is 0. The normalized spacial score (nSPS) is 11.0. The lowest BCUT2D eigenvalue weighted by Gasteiger charge is -2.08. The molecule has 0 aliphatic heterocycles. The van der Waals surface area contributed by atoms with Crippen LogP contribution in [0.15, 0.2) is 48.8 Å². The van der Waals surface area contributed by atoms with Crippen LogP contribution < -0.4 is 0 Å². The van der Waals surface area contributed by atoms with Gasteiger partial charge in [0.1, 0.15) is 0 Å². The van der Waals surface area contributed by atoms with Crippen molar-refractivity contribution in [2.24, 2.45) is 0 Å².